The van der Waals surface area contributed by atoms with Crippen molar-refractivity contribution in [1.82, 2.24) is 15.1 Å². The molecule has 1 aliphatic heterocycles. The molecule has 1 N–H and O–H groups in total. The molecule has 5 nitrogen and oxygen atoms in total. The molecule has 0 bridgehead atoms. The Morgan fingerprint density at radius 2 is 1.93 bits per heavy atom. The van der Waals surface area contributed by atoms with Crippen LogP contribution in [0.15, 0.2) is 48.5 Å². The number of rotatable bonds is 4. The SMILES string of the molecule is COc1ccc(-c2n[nH]c3c2C(c2cccc(F)c2)N(C(C)C)C3=O)cc1. The van der Waals surface area contributed by atoms with E-state index >= 15 is 0 Å². The Kier molecular flexibility index (Phi) is 4.18. The van der Waals surface area contributed by atoms with E-state index < -0.39 is 0 Å². The van der Waals surface area contributed by atoms with E-state index in [1.54, 1.807) is 18.1 Å². The molecule has 1 amide bonds. The monoisotopic (exact) mass is 365 g/mol. The molecular formula is C21H20FN3O2. The Hall–Kier alpha value is -3.15. The van der Waals surface area contributed by atoms with Crippen LogP contribution in [0.2, 0.25) is 0 Å². The van der Waals surface area contributed by atoms with E-state index in [0.29, 0.717) is 11.4 Å². The van der Waals surface area contributed by atoms with E-state index in [0.717, 1.165) is 22.4 Å². The maximum Gasteiger partial charge on any atom is 0.273 e. The molecule has 3 aromatic rings. The van der Waals surface area contributed by atoms with Gasteiger partial charge in [0.15, 0.2) is 0 Å². The lowest BCUT2D eigenvalue weighted by Crippen LogP contribution is -2.35. The fraction of sp³-hybridized carbons (Fsp3) is 0.238. The molecular weight excluding hydrogens is 345 g/mol. The maximum atomic E-state index is 13.9. The molecule has 138 valence electrons. The molecule has 1 unspecified atom stereocenters. The van der Waals surface area contributed by atoms with Gasteiger partial charge in [-0.3, -0.25) is 9.89 Å². The molecule has 1 aromatic heterocycles. The number of benzene rings is 2. The summed E-state index contributed by atoms with van der Waals surface area (Å²) >= 11 is 0. The van der Waals surface area contributed by atoms with Gasteiger partial charge in [0.2, 0.25) is 0 Å². The van der Waals surface area contributed by atoms with Crippen molar-refractivity contribution in [3.63, 3.8) is 0 Å². The zero-order chi connectivity index (χ0) is 19.1. The number of H-pyrrole nitrogens is 1. The standard InChI is InChI=1S/C21H20FN3O2/c1-12(2)25-20(14-5-4-6-15(22)11-14)17-18(23-24-19(17)21(25)26)13-7-9-16(27-3)10-8-13/h4-12,20H,1-3H3,(H,23,24). The minimum atomic E-state index is -0.390. The molecule has 0 spiro atoms. The Morgan fingerprint density at radius 1 is 1.19 bits per heavy atom. The highest BCUT2D eigenvalue weighted by atomic mass is 19.1. The van der Waals surface area contributed by atoms with E-state index in [-0.39, 0.29) is 23.8 Å². The van der Waals surface area contributed by atoms with E-state index in [4.69, 9.17) is 4.74 Å². The zero-order valence-corrected chi connectivity index (χ0v) is 15.4. The van der Waals surface area contributed by atoms with Gasteiger partial charge >= 0.3 is 0 Å². The highest BCUT2D eigenvalue weighted by Gasteiger charge is 2.43. The van der Waals surface area contributed by atoms with Gasteiger partial charge in [0.1, 0.15) is 17.3 Å². The number of halogens is 1. The smallest absolute Gasteiger partial charge is 0.273 e. The molecule has 0 aliphatic carbocycles. The molecule has 1 aliphatic rings. The lowest BCUT2D eigenvalue weighted by molar-refractivity contribution is 0.0687. The summed E-state index contributed by atoms with van der Waals surface area (Å²) < 4.78 is 19.1. The predicted octanol–water partition coefficient (Wildman–Crippen LogP) is 4.18. The number of fused-ring (bicyclic) bond motifs is 1. The summed E-state index contributed by atoms with van der Waals surface area (Å²) in [6.07, 6.45) is 0. The van der Waals surface area contributed by atoms with Crippen molar-refractivity contribution in [3.05, 3.63) is 71.2 Å². The first-order valence-electron chi connectivity index (χ1n) is 8.82. The first-order chi connectivity index (χ1) is 13.0. The quantitative estimate of drug-likeness (QED) is 0.755. The Labute approximate surface area is 156 Å². The van der Waals surface area contributed by atoms with Crippen molar-refractivity contribution in [2.75, 3.05) is 7.11 Å². The molecule has 6 heteroatoms. The fourth-order valence-corrected chi connectivity index (χ4v) is 3.67. The third-order valence-corrected chi connectivity index (χ3v) is 4.89. The Bertz CT molecular complexity index is 995. The fourth-order valence-electron chi connectivity index (χ4n) is 3.67. The average molecular weight is 365 g/mol. The maximum absolute atomic E-state index is 13.9. The van der Waals surface area contributed by atoms with E-state index in [2.05, 4.69) is 10.2 Å². The highest BCUT2D eigenvalue weighted by Crippen LogP contribution is 2.43. The van der Waals surface area contributed by atoms with Crippen molar-refractivity contribution in [2.45, 2.75) is 25.9 Å². The summed E-state index contributed by atoms with van der Waals surface area (Å²) in [7, 11) is 1.61. The topological polar surface area (TPSA) is 58.2 Å². The van der Waals surface area contributed by atoms with Gasteiger partial charge in [-0.2, -0.15) is 5.10 Å². The van der Waals surface area contributed by atoms with E-state index in [1.165, 1.54) is 12.1 Å². The number of aromatic nitrogens is 2. The van der Waals surface area contributed by atoms with Crippen molar-refractivity contribution in [1.29, 1.82) is 0 Å². The third-order valence-electron chi connectivity index (χ3n) is 4.89. The van der Waals surface area contributed by atoms with Crippen LogP contribution in [0.4, 0.5) is 4.39 Å². The average Bonchev–Trinajstić information content (AvgIpc) is 3.21. The highest BCUT2D eigenvalue weighted by molar-refractivity contribution is 6.00. The van der Waals surface area contributed by atoms with Gasteiger partial charge in [0.05, 0.1) is 18.8 Å². The normalized spacial score (nSPS) is 16.1. The number of hydrogen-bond acceptors (Lipinski definition) is 3. The zero-order valence-electron chi connectivity index (χ0n) is 15.4. The lowest BCUT2D eigenvalue weighted by atomic mass is 9.95. The van der Waals surface area contributed by atoms with Crippen LogP contribution in [-0.4, -0.2) is 34.2 Å². The number of aromatic amines is 1. The van der Waals surface area contributed by atoms with Crippen LogP contribution in [0, 0.1) is 5.82 Å². The van der Waals surface area contributed by atoms with Gasteiger partial charge in [-0.05, 0) is 55.8 Å². The van der Waals surface area contributed by atoms with Gasteiger partial charge in [0.25, 0.3) is 5.91 Å². The molecule has 0 radical (unpaired) electrons. The summed E-state index contributed by atoms with van der Waals surface area (Å²) in [6, 6.07) is 13.5. The van der Waals surface area contributed by atoms with Crippen LogP contribution in [0.5, 0.6) is 5.75 Å². The number of nitrogens with one attached hydrogen (secondary N) is 1. The summed E-state index contributed by atoms with van der Waals surface area (Å²) in [5.41, 5.74) is 3.53. The summed E-state index contributed by atoms with van der Waals surface area (Å²) in [4.78, 5) is 14.8. The summed E-state index contributed by atoms with van der Waals surface area (Å²) in [5, 5.41) is 7.29. The number of carbonyl (C=O) groups excluding carboxylic acids is 1. The van der Waals surface area contributed by atoms with Gasteiger partial charge in [-0.1, -0.05) is 12.1 Å². The minimum absolute atomic E-state index is 0.0460. The number of methoxy groups -OCH3 is 1. The number of carbonyl (C=O) groups is 1. The van der Waals surface area contributed by atoms with Crippen molar-refractivity contribution < 1.29 is 13.9 Å². The van der Waals surface area contributed by atoms with Gasteiger partial charge in [-0.25, -0.2) is 4.39 Å². The van der Waals surface area contributed by atoms with E-state index in [9.17, 15) is 9.18 Å². The molecule has 1 atom stereocenters. The molecule has 0 fully saturated rings. The van der Waals surface area contributed by atoms with Gasteiger partial charge in [0, 0.05) is 17.2 Å². The van der Waals surface area contributed by atoms with Crippen LogP contribution < -0.4 is 4.74 Å². The second-order valence-electron chi connectivity index (χ2n) is 6.85. The predicted molar refractivity (Wildman–Crippen MR) is 100 cm³/mol. The summed E-state index contributed by atoms with van der Waals surface area (Å²) in [5.74, 6) is 0.292. The van der Waals surface area contributed by atoms with Crippen molar-refractivity contribution >= 4 is 5.91 Å². The van der Waals surface area contributed by atoms with Crippen molar-refractivity contribution in [3.8, 4) is 17.0 Å². The van der Waals surface area contributed by atoms with E-state index in [1.807, 2.05) is 44.2 Å². The largest absolute Gasteiger partial charge is 0.497 e. The van der Waals surface area contributed by atoms with Gasteiger partial charge in [-0.15, -0.1) is 0 Å². The lowest BCUT2D eigenvalue weighted by Gasteiger charge is -2.29. The second kappa shape index (κ2) is 6.54. The molecule has 0 saturated carbocycles. The van der Waals surface area contributed by atoms with Crippen LogP contribution in [-0.2, 0) is 0 Å². The summed E-state index contributed by atoms with van der Waals surface area (Å²) in [6.45, 7) is 3.91. The number of nitrogens with zero attached hydrogens (tertiary/aromatic N) is 2. The first-order valence-corrected chi connectivity index (χ1v) is 8.82. The number of ether oxygens (including phenoxy) is 1. The number of hydrogen-bond donors (Lipinski definition) is 1. The Morgan fingerprint density at radius 3 is 2.56 bits per heavy atom. The van der Waals surface area contributed by atoms with Crippen LogP contribution in [0.3, 0.4) is 0 Å². The minimum Gasteiger partial charge on any atom is -0.497 e. The molecule has 27 heavy (non-hydrogen) atoms. The molecule has 2 aromatic carbocycles. The molecule has 0 saturated heterocycles. The second-order valence-corrected chi connectivity index (χ2v) is 6.85. The van der Waals surface area contributed by atoms with Crippen LogP contribution in [0.25, 0.3) is 11.3 Å². The molecule has 2 heterocycles. The van der Waals surface area contributed by atoms with Crippen LogP contribution >= 0.6 is 0 Å². The number of amides is 1. The van der Waals surface area contributed by atoms with Crippen molar-refractivity contribution in [2.24, 2.45) is 0 Å². The van der Waals surface area contributed by atoms with Crippen LogP contribution in [0.1, 0.15) is 41.5 Å². The first kappa shape index (κ1) is 17.3. The van der Waals surface area contributed by atoms with Gasteiger partial charge < -0.3 is 9.64 Å². The molecule has 4 rings (SSSR count). The Balaban J connectivity index is 1.89. The third kappa shape index (κ3) is 2.77.